The highest BCUT2D eigenvalue weighted by Crippen LogP contribution is 2.28. The molecule has 5 nitrogen and oxygen atoms in total. The van der Waals surface area contributed by atoms with Gasteiger partial charge in [0.15, 0.2) is 0 Å². The van der Waals surface area contributed by atoms with Crippen molar-refractivity contribution in [1.82, 2.24) is 0 Å². The Labute approximate surface area is 119 Å². The van der Waals surface area contributed by atoms with Crippen LogP contribution in [0.15, 0.2) is 18.2 Å². The standard InChI is InChI=1S/C15H22N2O3/c1-19-15(18)12-4-2-5-13(14(12)16)17-8-3-9-20-10-11-6-7-11/h2,4-5,11,17H,3,6-10,16H2,1H3. The van der Waals surface area contributed by atoms with Gasteiger partial charge in [-0.25, -0.2) is 4.79 Å². The molecule has 3 N–H and O–H groups in total. The van der Waals surface area contributed by atoms with Crippen molar-refractivity contribution in [2.24, 2.45) is 5.92 Å². The molecule has 0 unspecified atom stereocenters. The lowest BCUT2D eigenvalue weighted by Gasteiger charge is -2.12. The quantitative estimate of drug-likeness (QED) is 0.433. The van der Waals surface area contributed by atoms with Crippen LogP contribution in [0, 0.1) is 5.92 Å². The molecule has 0 atom stereocenters. The summed E-state index contributed by atoms with van der Waals surface area (Å²) in [6.45, 7) is 2.40. The Morgan fingerprint density at radius 1 is 1.45 bits per heavy atom. The van der Waals surface area contributed by atoms with Gasteiger partial charge in [0.25, 0.3) is 0 Å². The summed E-state index contributed by atoms with van der Waals surface area (Å²) < 4.78 is 10.3. The van der Waals surface area contributed by atoms with Gasteiger partial charge in [-0.05, 0) is 37.3 Å². The summed E-state index contributed by atoms with van der Waals surface area (Å²) in [7, 11) is 1.35. The summed E-state index contributed by atoms with van der Waals surface area (Å²) in [6, 6.07) is 5.30. The van der Waals surface area contributed by atoms with Gasteiger partial charge in [-0.15, -0.1) is 0 Å². The van der Waals surface area contributed by atoms with Gasteiger partial charge >= 0.3 is 5.97 Å². The Balaban J connectivity index is 1.75. The average Bonchev–Trinajstić information content (AvgIpc) is 3.27. The van der Waals surface area contributed by atoms with Crippen LogP contribution >= 0.6 is 0 Å². The van der Waals surface area contributed by atoms with Gasteiger partial charge < -0.3 is 20.5 Å². The van der Waals surface area contributed by atoms with Gasteiger partial charge in [0.2, 0.25) is 0 Å². The van der Waals surface area contributed by atoms with Crippen molar-refractivity contribution in [2.75, 3.05) is 37.9 Å². The molecule has 1 fully saturated rings. The molecule has 1 aromatic carbocycles. The summed E-state index contributed by atoms with van der Waals surface area (Å²) in [5.41, 5.74) is 7.53. The van der Waals surface area contributed by atoms with Crippen molar-refractivity contribution in [1.29, 1.82) is 0 Å². The molecule has 0 bridgehead atoms. The zero-order chi connectivity index (χ0) is 14.4. The van der Waals surface area contributed by atoms with Crippen molar-refractivity contribution in [2.45, 2.75) is 19.3 Å². The van der Waals surface area contributed by atoms with E-state index < -0.39 is 5.97 Å². The van der Waals surface area contributed by atoms with Crippen molar-refractivity contribution in [3.63, 3.8) is 0 Å². The number of nitrogens with two attached hydrogens (primary N) is 1. The molecule has 0 radical (unpaired) electrons. The maximum atomic E-state index is 11.5. The number of esters is 1. The van der Waals surface area contributed by atoms with Crippen LogP contribution in [0.5, 0.6) is 0 Å². The first-order chi connectivity index (χ1) is 9.72. The second kappa shape index (κ2) is 7.14. The lowest BCUT2D eigenvalue weighted by atomic mass is 10.1. The van der Waals surface area contributed by atoms with Crippen molar-refractivity contribution in [3.05, 3.63) is 23.8 Å². The third-order valence-corrected chi connectivity index (χ3v) is 3.34. The number of hydrogen-bond acceptors (Lipinski definition) is 5. The zero-order valence-electron chi connectivity index (χ0n) is 11.9. The number of para-hydroxylation sites is 1. The topological polar surface area (TPSA) is 73.6 Å². The maximum Gasteiger partial charge on any atom is 0.340 e. The SMILES string of the molecule is COC(=O)c1cccc(NCCCOCC2CC2)c1N. The Hall–Kier alpha value is -1.75. The fourth-order valence-corrected chi connectivity index (χ4v) is 1.94. The van der Waals surface area contributed by atoms with Crippen molar-refractivity contribution >= 4 is 17.3 Å². The summed E-state index contributed by atoms with van der Waals surface area (Å²) in [4.78, 5) is 11.5. The van der Waals surface area contributed by atoms with E-state index >= 15 is 0 Å². The average molecular weight is 278 g/mol. The fraction of sp³-hybridized carbons (Fsp3) is 0.533. The van der Waals surface area contributed by atoms with Crippen LogP contribution in [0.2, 0.25) is 0 Å². The first-order valence-electron chi connectivity index (χ1n) is 7.00. The molecule has 0 saturated heterocycles. The number of benzene rings is 1. The van der Waals surface area contributed by atoms with Crippen LogP contribution in [-0.4, -0.2) is 32.8 Å². The minimum absolute atomic E-state index is 0.391. The summed E-state index contributed by atoms with van der Waals surface area (Å²) in [5, 5.41) is 3.22. The van der Waals surface area contributed by atoms with E-state index in [1.165, 1.54) is 20.0 Å². The number of nitrogen functional groups attached to an aromatic ring is 1. The smallest absolute Gasteiger partial charge is 0.340 e. The zero-order valence-corrected chi connectivity index (χ0v) is 11.9. The lowest BCUT2D eigenvalue weighted by Crippen LogP contribution is -2.11. The Bertz CT molecular complexity index is 458. The Morgan fingerprint density at radius 2 is 2.25 bits per heavy atom. The number of anilines is 2. The van der Waals surface area contributed by atoms with Gasteiger partial charge in [0, 0.05) is 19.8 Å². The molecule has 0 aromatic heterocycles. The number of methoxy groups -OCH3 is 1. The summed E-state index contributed by atoms with van der Waals surface area (Å²) in [6.07, 6.45) is 3.54. The minimum atomic E-state index is -0.418. The largest absolute Gasteiger partial charge is 0.465 e. The normalized spacial score (nSPS) is 14.1. The number of ether oxygens (including phenoxy) is 2. The van der Waals surface area contributed by atoms with Gasteiger partial charge in [0.05, 0.1) is 24.0 Å². The molecule has 1 aliphatic rings. The highest BCUT2D eigenvalue weighted by Gasteiger charge is 2.20. The van der Waals surface area contributed by atoms with E-state index in [1.807, 2.05) is 6.07 Å². The van der Waals surface area contributed by atoms with Crippen LogP contribution in [0.1, 0.15) is 29.6 Å². The van der Waals surface area contributed by atoms with Gasteiger partial charge in [-0.1, -0.05) is 6.07 Å². The van der Waals surface area contributed by atoms with Crippen LogP contribution in [0.25, 0.3) is 0 Å². The second-order valence-electron chi connectivity index (χ2n) is 5.06. The highest BCUT2D eigenvalue weighted by molar-refractivity contribution is 5.98. The van der Waals surface area contributed by atoms with Crippen LogP contribution < -0.4 is 11.1 Å². The molecule has 2 rings (SSSR count). The number of carbonyl (C=O) groups excluding carboxylic acids is 1. The molecule has 20 heavy (non-hydrogen) atoms. The molecule has 0 amide bonds. The van der Waals surface area contributed by atoms with Crippen molar-refractivity contribution in [3.8, 4) is 0 Å². The molecule has 1 aliphatic carbocycles. The van der Waals surface area contributed by atoms with E-state index in [0.717, 1.165) is 37.8 Å². The third-order valence-electron chi connectivity index (χ3n) is 3.34. The predicted octanol–water partition coefficient (Wildman–Crippen LogP) is 2.28. The first kappa shape index (κ1) is 14.7. The number of hydrogen-bond donors (Lipinski definition) is 2. The predicted molar refractivity (Wildman–Crippen MR) is 78.8 cm³/mol. The Kier molecular flexibility index (Phi) is 5.24. The minimum Gasteiger partial charge on any atom is -0.465 e. The third kappa shape index (κ3) is 4.13. The second-order valence-corrected chi connectivity index (χ2v) is 5.06. The number of carbonyl (C=O) groups is 1. The molecule has 0 aliphatic heterocycles. The van der Waals surface area contributed by atoms with Crippen molar-refractivity contribution < 1.29 is 14.3 Å². The molecular formula is C15H22N2O3. The summed E-state index contributed by atoms with van der Waals surface area (Å²) >= 11 is 0. The lowest BCUT2D eigenvalue weighted by molar-refractivity contribution is 0.0602. The molecular weight excluding hydrogens is 256 g/mol. The number of nitrogens with one attached hydrogen (secondary N) is 1. The Morgan fingerprint density at radius 3 is 2.95 bits per heavy atom. The van der Waals surface area contributed by atoms with Crippen LogP contribution in [0.3, 0.4) is 0 Å². The molecule has 0 spiro atoms. The van der Waals surface area contributed by atoms with E-state index in [0.29, 0.717) is 11.3 Å². The molecule has 110 valence electrons. The van der Waals surface area contributed by atoms with Crippen LogP contribution in [0.4, 0.5) is 11.4 Å². The monoisotopic (exact) mass is 278 g/mol. The van der Waals surface area contributed by atoms with Crippen LogP contribution in [-0.2, 0) is 9.47 Å². The van der Waals surface area contributed by atoms with E-state index in [2.05, 4.69) is 5.32 Å². The molecule has 5 heteroatoms. The summed E-state index contributed by atoms with van der Waals surface area (Å²) in [5.74, 6) is 0.384. The number of rotatable bonds is 8. The van der Waals surface area contributed by atoms with E-state index in [-0.39, 0.29) is 0 Å². The van der Waals surface area contributed by atoms with Gasteiger partial charge in [-0.3, -0.25) is 0 Å². The molecule has 1 saturated carbocycles. The van der Waals surface area contributed by atoms with E-state index in [9.17, 15) is 4.79 Å². The fourth-order valence-electron chi connectivity index (χ4n) is 1.94. The van der Waals surface area contributed by atoms with Gasteiger partial charge in [-0.2, -0.15) is 0 Å². The maximum absolute atomic E-state index is 11.5. The molecule has 0 heterocycles. The first-order valence-corrected chi connectivity index (χ1v) is 7.00. The molecule has 1 aromatic rings. The van der Waals surface area contributed by atoms with E-state index in [4.69, 9.17) is 15.2 Å². The highest BCUT2D eigenvalue weighted by atomic mass is 16.5. The van der Waals surface area contributed by atoms with E-state index in [1.54, 1.807) is 12.1 Å². The van der Waals surface area contributed by atoms with Gasteiger partial charge in [0.1, 0.15) is 0 Å².